The van der Waals surface area contributed by atoms with E-state index < -0.39 is 0 Å². The van der Waals surface area contributed by atoms with Crippen molar-refractivity contribution >= 4 is 0 Å². The number of quaternary nitrogens is 1. The predicted molar refractivity (Wildman–Crippen MR) is 70.3 cm³/mol. The summed E-state index contributed by atoms with van der Waals surface area (Å²) in [4.78, 5) is 0. The maximum absolute atomic E-state index is 6.23. The molecule has 1 saturated heterocycles. The molecule has 1 heterocycles. The zero-order valence-corrected chi connectivity index (χ0v) is 11.5. The minimum Gasteiger partial charge on any atom is -0.347 e. The van der Waals surface area contributed by atoms with Crippen molar-refractivity contribution in [3.63, 3.8) is 0 Å². The van der Waals surface area contributed by atoms with Gasteiger partial charge in [0, 0.05) is 12.8 Å². The van der Waals surface area contributed by atoms with Crippen LogP contribution >= 0.6 is 0 Å². The van der Waals surface area contributed by atoms with Crippen LogP contribution in [0.3, 0.4) is 0 Å². The molecular weight excluding hydrogens is 226 g/mol. The molecule has 1 aliphatic heterocycles. The van der Waals surface area contributed by atoms with Crippen molar-refractivity contribution < 1.29 is 14.8 Å². The maximum Gasteiger partial charge on any atom is 0.169 e. The van der Waals surface area contributed by atoms with Crippen LogP contribution in [-0.2, 0) is 9.47 Å². The maximum atomic E-state index is 6.23. The molecule has 2 aliphatic carbocycles. The van der Waals surface area contributed by atoms with E-state index in [0.717, 1.165) is 32.0 Å². The normalized spacial score (nSPS) is 33.0. The van der Waals surface area contributed by atoms with Crippen molar-refractivity contribution in [1.29, 1.82) is 0 Å². The Hall–Kier alpha value is -0.120. The summed E-state index contributed by atoms with van der Waals surface area (Å²) in [6.45, 7) is 1.93. The molecule has 104 valence electrons. The summed E-state index contributed by atoms with van der Waals surface area (Å²) in [6, 6.07) is 0.852. The Labute approximate surface area is 111 Å². The van der Waals surface area contributed by atoms with Gasteiger partial charge in [-0.2, -0.15) is 0 Å². The van der Waals surface area contributed by atoms with E-state index in [4.69, 9.17) is 9.47 Å². The van der Waals surface area contributed by atoms with Gasteiger partial charge in [0.2, 0.25) is 0 Å². The lowest BCUT2D eigenvalue weighted by Gasteiger charge is -2.31. The van der Waals surface area contributed by atoms with Crippen LogP contribution in [0.5, 0.6) is 0 Å². The first-order chi connectivity index (χ1) is 8.86. The molecule has 1 spiro atoms. The Morgan fingerprint density at radius 1 is 0.944 bits per heavy atom. The highest BCUT2D eigenvalue weighted by molar-refractivity contribution is 4.82. The molecule has 0 amide bonds. The van der Waals surface area contributed by atoms with Crippen molar-refractivity contribution in [2.24, 2.45) is 0 Å². The van der Waals surface area contributed by atoms with Crippen LogP contribution in [0.4, 0.5) is 0 Å². The van der Waals surface area contributed by atoms with Crippen LogP contribution in [0.1, 0.15) is 64.2 Å². The fourth-order valence-corrected chi connectivity index (χ4v) is 3.80. The Bertz CT molecular complexity index is 257. The molecule has 1 atom stereocenters. The first kappa shape index (κ1) is 12.9. The summed E-state index contributed by atoms with van der Waals surface area (Å²) in [6.07, 6.45) is 13.6. The highest BCUT2D eigenvalue weighted by Gasteiger charge is 2.42. The van der Waals surface area contributed by atoms with Gasteiger partial charge in [0.25, 0.3) is 0 Å². The summed E-state index contributed by atoms with van der Waals surface area (Å²) >= 11 is 0. The molecule has 0 aromatic heterocycles. The monoisotopic (exact) mass is 254 g/mol. The lowest BCUT2D eigenvalue weighted by atomic mass is 9.94. The molecule has 0 radical (unpaired) electrons. The lowest BCUT2D eigenvalue weighted by Crippen LogP contribution is -2.92. The third-order valence-corrected chi connectivity index (χ3v) is 4.91. The highest BCUT2D eigenvalue weighted by Crippen LogP contribution is 2.37. The van der Waals surface area contributed by atoms with E-state index in [1.165, 1.54) is 51.4 Å². The number of hydrogen-bond donors (Lipinski definition) is 1. The second-order valence-corrected chi connectivity index (χ2v) is 6.39. The number of nitrogens with two attached hydrogens (primary N) is 1. The van der Waals surface area contributed by atoms with E-state index in [2.05, 4.69) is 5.32 Å². The second kappa shape index (κ2) is 5.89. The Kier molecular flexibility index (Phi) is 4.22. The minimum absolute atomic E-state index is 0.177. The summed E-state index contributed by atoms with van der Waals surface area (Å²) in [7, 11) is 0. The van der Waals surface area contributed by atoms with E-state index in [9.17, 15) is 0 Å². The van der Waals surface area contributed by atoms with E-state index in [1.54, 1.807) is 0 Å². The zero-order valence-electron chi connectivity index (χ0n) is 11.5. The molecule has 2 saturated carbocycles. The molecule has 0 unspecified atom stereocenters. The van der Waals surface area contributed by atoms with Gasteiger partial charge in [-0.1, -0.05) is 12.8 Å². The third kappa shape index (κ3) is 3.06. The first-order valence-electron chi connectivity index (χ1n) is 8.01. The molecule has 0 aromatic rings. The van der Waals surface area contributed by atoms with E-state index in [0.29, 0.717) is 6.10 Å². The van der Waals surface area contributed by atoms with E-state index in [-0.39, 0.29) is 5.79 Å². The van der Waals surface area contributed by atoms with Gasteiger partial charge >= 0.3 is 0 Å². The highest BCUT2D eigenvalue weighted by atomic mass is 16.7. The Morgan fingerprint density at radius 2 is 1.67 bits per heavy atom. The SMILES string of the molecule is C1CCC([NH2+]C[C@@H]2COC3(CCCCC3)O2)CC1. The van der Waals surface area contributed by atoms with Crippen LogP contribution in [0.25, 0.3) is 0 Å². The van der Waals surface area contributed by atoms with Gasteiger partial charge in [0.05, 0.1) is 12.6 Å². The average molecular weight is 254 g/mol. The smallest absolute Gasteiger partial charge is 0.169 e. The van der Waals surface area contributed by atoms with Crippen LogP contribution in [0.15, 0.2) is 0 Å². The summed E-state index contributed by atoms with van der Waals surface area (Å²) in [5.41, 5.74) is 0. The van der Waals surface area contributed by atoms with Crippen molar-refractivity contribution in [3.05, 3.63) is 0 Å². The molecule has 2 N–H and O–H groups in total. The van der Waals surface area contributed by atoms with Crippen LogP contribution in [0, 0.1) is 0 Å². The van der Waals surface area contributed by atoms with Gasteiger partial charge in [-0.3, -0.25) is 0 Å². The van der Waals surface area contributed by atoms with Crippen molar-refractivity contribution in [2.45, 2.75) is 82.1 Å². The van der Waals surface area contributed by atoms with E-state index in [1.807, 2.05) is 0 Å². The number of ether oxygens (including phenoxy) is 2. The topological polar surface area (TPSA) is 35.1 Å². The van der Waals surface area contributed by atoms with Gasteiger partial charge in [-0.15, -0.1) is 0 Å². The Balaban J connectivity index is 1.41. The largest absolute Gasteiger partial charge is 0.347 e. The molecule has 0 aromatic carbocycles. The molecule has 18 heavy (non-hydrogen) atoms. The van der Waals surface area contributed by atoms with Crippen molar-refractivity contribution in [3.8, 4) is 0 Å². The third-order valence-electron chi connectivity index (χ3n) is 4.91. The number of hydrogen-bond acceptors (Lipinski definition) is 2. The minimum atomic E-state index is -0.177. The van der Waals surface area contributed by atoms with Gasteiger partial charge in [-0.05, 0) is 38.5 Å². The standard InChI is InChI=1S/C15H27NO2/c1-3-7-13(8-4-1)16-11-14-12-17-15(18-14)9-5-2-6-10-15/h13-14,16H,1-12H2/p+1/t14-/m1/s1. The van der Waals surface area contributed by atoms with Crippen molar-refractivity contribution in [2.75, 3.05) is 13.2 Å². The summed E-state index contributed by atoms with van der Waals surface area (Å²) in [5.74, 6) is -0.177. The van der Waals surface area contributed by atoms with Crippen LogP contribution < -0.4 is 5.32 Å². The molecule has 0 bridgehead atoms. The van der Waals surface area contributed by atoms with Crippen LogP contribution in [0.2, 0.25) is 0 Å². The predicted octanol–water partition coefficient (Wildman–Crippen LogP) is 1.96. The average Bonchev–Trinajstić information content (AvgIpc) is 2.82. The molecule has 3 rings (SSSR count). The van der Waals surface area contributed by atoms with Crippen molar-refractivity contribution in [1.82, 2.24) is 0 Å². The fraction of sp³-hybridized carbons (Fsp3) is 1.00. The van der Waals surface area contributed by atoms with E-state index >= 15 is 0 Å². The van der Waals surface area contributed by atoms with Gasteiger partial charge < -0.3 is 14.8 Å². The molecule has 3 fully saturated rings. The zero-order chi connectivity index (χ0) is 12.3. The quantitative estimate of drug-likeness (QED) is 0.835. The van der Waals surface area contributed by atoms with Gasteiger partial charge in [0.15, 0.2) is 5.79 Å². The summed E-state index contributed by atoms with van der Waals surface area (Å²) in [5, 5.41) is 2.52. The van der Waals surface area contributed by atoms with Gasteiger partial charge in [-0.25, -0.2) is 0 Å². The summed E-state index contributed by atoms with van der Waals surface area (Å²) < 4.78 is 12.2. The molecule has 3 heteroatoms. The molecular formula is C15H28NO2+. The molecule has 3 aliphatic rings. The van der Waals surface area contributed by atoms with Gasteiger partial charge in [0.1, 0.15) is 12.6 Å². The first-order valence-corrected chi connectivity index (χ1v) is 8.01. The Morgan fingerprint density at radius 3 is 2.44 bits per heavy atom. The van der Waals surface area contributed by atoms with Crippen LogP contribution in [-0.4, -0.2) is 31.1 Å². The fourth-order valence-electron chi connectivity index (χ4n) is 3.80. The second-order valence-electron chi connectivity index (χ2n) is 6.39. The lowest BCUT2D eigenvalue weighted by molar-refractivity contribution is -0.697. The number of rotatable bonds is 3. The molecule has 3 nitrogen and oxygen atoms in total.